The molecule has 27 heavy (non-hydrogen) atoms. The molecule has 0 aliphatic carbocycles. The van der Waals surface area contributed by atoms with Crippen LogP contribution in [0.3, 0.4) is 0 Å². The van der Waals surface area contributed by atoms with Crippen molar-refractivity contribution in [1.29, 1.82) is 0 Å². The number of methoxy groups -OCH3 is 1. The number of oxime groups is 1. The molecule has 3 rings (SSSR count). The maximum Gasteiger partial charge on any atom is 0.416 e. The van der Waals surface area contributed by atoms with Crippen molar-refractivity contribution in [3.63, 3.8) is 0 Å². The van der Waals surface area contributed by atoms with E-state index in [0.29, 0.717) is 5.56 Å². The molecule has 140 valence electrons. The minimum atomic E-state index is -4.44. The van der Waals surface area contributed by atoms with E-state index in [4.69, 9.17) is 9.57 Å². The maximum atomic E-state index is 12.7. The molecular formula is C20H16F3NO3. The highest BCUT2D eigenvalue weighted by Gasteiger charge is 2.40. The number of alkyl halides is 3. The van der Waals surface area contributed by atoms with Gasteiger partial charge in [-0.05, 0) is 23.8 Å². The van der Waals surface area contributed by atoms with Crippen molar-refractivity contribution in [3.8, 4) is 0 Å². The second kappa shape index (κ2) is 7.65. The fraction of sp³-hybridized carbons (Fsp3) is 0.200. The summed E-state index contributed by atoms with van der Waals surface area (Å²) in [5, 5.41) is 3.93. The molecule has 0 aromatic heterocycles. The van der Waals surface area contributed by atoms with Crippen molar-refractivity contribution in [2.75, 3.05) is 7.11 Å². The smallest absolute Gasteiger partial charge is 0.416 e. The summed E-state index contributed by atoms with van der Waals surface area (Å²) < 4.78 is 43.1. The van der Waals surface area contributed by atoms with E-state index in [1.54, 1.807) is 12.2 Å². The molecule has 2 aromatic carbocycles. The first-order valence-corrected chi connectivity index (χ1v) is 8.12. The van der Waals surface area contributed by atoms with Crippen LogP contribution in [0.1, 0.15) is 16.7 Å². The van der Waals surface area contributed by atoms with Crippen LogP contribution in [0.4, 0.5) is 13.2 Å². The van der Waals surface area contributed by atoms with Gasteiger partial charge in [0.1, 0.15) is 11.6 Å². The zero-order valence-electron chi connectivity index (χ0n) is 14.3. The van der Waals surface area contributed by atoms with E-state index in [2.05, 4.69) is 5.16 Å². The van der Waals surface area contributed by atoms with Gasteiger partial charge < -0.3 is 9.57 Å². The van der Waals surface area contributed by atoms with Crippen molar-refractivity contribution in [1.82, 2.24) is 0 Å². The Bertz CT molecular complexity index is 858. The van der Waals surface area contributed by atoms with Crippen molar-refractivity contribution < 1.29 is 27.5 Å². The number of nitrogens with zero attached hydrogens (tertiary/aromatic N) is 1. The third kappa shape index (κ3) is 4.19. The van der Waals surface area contributed by atoms with Crippen LogP contribution in [-0.2, 0) is 20.5 Å². The summed E-state index contributed by atoms with van der Waals surface area (Å²) in [5.74, 6) is -1.44. The second-order valence-corrected chi connectivity index (χ2v) is 5.89. The fourth-order valence-electron chi connectivity index (χ4n) is 2.74. The number of halogens is 3. The van der Waals surface area contributed by atoms with Crippen molar-refractivity contribution in [2.24, 2.45) is 11.1 Å². The summed E-state index contributed by atoms with van der Waals surface area (Å²) in [4.78, 5) is 17.6. The van der Waals surface area contributed by atoms with Crippen LogP contribution >= 0.6 is 0 Å². The van der Waals surface area contributed by atoms with Crippen LogP contribution in [0, 0.1) is 5.92 Å². The molecule has 0 amide bonds. The molecule has 0 saturated heterocycles. The molecule has 0 N–H and O–H groups in total. The zero-order chi connectivity index (χ0) is 19.4. The van der Waals surface area contributed by atoms with Crippen LogP contribution in [0.15, 0.2) is 65.8 Å². The number of carbonyl (C=O) groups excluding carboxylic acids is 1. The van der Waals surface area contributed by atoms with Crippen molar-refractivity contribution in [3.05, 3.63) is 77.4 Å². The van der Waals surface area contributed by atoms with Crippen LogP contribution in [0.5, 0.6) is 0 Å². The lowest BCUT2D eigenvalue weighted by molar-refractivity contribution is -0.145. The number of rotatable bonds is 4. The van der Waals surface area contributed by atoms with Crippen molar-refractivity contribution in [2.45, 2.75) is 12.3 Å². The Hall–Kier alpha value is -3.09. The molecule has 2 aromatic rings. The van der Waals surface area contributed by atoms with E-state index in [9.17, 15) is 18.0 Å². The first-order valence-electron chi connectivity index (χ1n) is 8.12. The van der Waals surface area contributed by atoms with Gasteiger partial charge in [0.2, 0.25) is 0 Å². The monoisotopic (exact) mass is 375 g/mol. The fourth-order valence-corrected chi connectivity index (χ4v) is 2.74. The molecule has 2 unspecified atom stereocenters. The van der Waals surface area contributed by atoms with E-state index < -0.39 is 29.7 Å². The lowest BCUT2D eigenvalue weighted by Gasteiger charge is -2.14. The van der Waals surface area contributed by atoms with E-state index in [-0.39, 0.29) is 5.71 Å². The van der Waals surface area contributed by atoms with E-state index in [1.165, 1.54) is 19.2 Å². The highest BCUT2D eigenvalue weighted by Crippen LogP contribution is 2.31. The molecule has 1 aliphatic rings. The molecule has 7 heteroatoms. The van der Waals surface area contributed by atoms with Gasteiger partial charge in [0, 0.05) is 5.56 Å². The van der Waals surface area contributed by atoms with Gasteiger partial charge in [-0.1, -0.05) is 53.7 Å². The van der Waals surface area contributed by atoms with Gasteiger partial charge in [-0.25, -0.2) is 0 Å². The molecule has 2 atom stereocenters. The summed E-state index contributed by atoms with van der Waals surface area (Å²) in [7, 11) is 1.24. The van der Waals surface area contributed by atoms with Crippen LogP contribution in [-0.4, -0.2) is 24.9 Å². The molecule has 0 saturated carbocycles. The largest absolute Gasteiger partial charge is 0.468 e. The SMILES string of the molecule is COC(=O)C1C(c2ccc(C(F)(F)F)cc2)=NOC1/C=C/c1ccccc1. The normalized spacial score (nSPS) is 19.6. The van der Waals surface area contributed by atoms with Gasteiger partial charge in [0.15, 0.2) is 6.10 Å². The predicted octanol–water partition coefficient (Wildman–Crippen LogP) is 4.31. The Morgan fingerprint density at radius 2 is 1.78 bits per heavy atom. The molecule has 4 nitrogen and oxygen atoms in total. The molecule has 1 aliphatic heterocycles. The maximum absolute atomic E-state index is 12.7. The van der Waals surface area contributed by atoms with Crippen LogP contribution in [0.25, 0.3) is 6.08 Å². The standard InChI is InChI=1S/C20H16F3NO3/c1-26-19(25)17-16(12-7-13-5-3-2-4-6-13)27-24-18(17)14-8-10-15(11-9-14)20(21,22)23/h2-12,16-17H,1H3/b12-7+. The summed E-state index contributed by atoms with van der Waals surface area (Å²) >= 11 is 0. The summed E-state index contributed by atoms with van der Waals surface area (Å²) in [6, 6.07) is 13.8. The topological polar surface area (TPSA) is 47.9 Å². The first kappa shape index (κ1) is 18.7. The number of esters is 1. The van der Waals surface area contributed by atoms with Gasteiger partial charge in [-0.3, -0.25) is 4.79 Å². The molecular weight excluding hydrogens is 359 g/mol. The van der Waals surface area contributed by atoms with E-state index >= 15 is 0 Å². The summed E-state index contributed by atoms with van der Waals surface area (Å²) in [5.41, 5.74) is 0.737. The van der Waals surface area contributed by atoms with Gasteiger partial charge in [0.05, 0.1) is 12.7 Å². The van der Waals surface area contributed by atoms with Gasteiger partial charge >= 0.3 is 12.1 Å². The first-order chi connectivity index (χ1) is 12.9. The highest BCUT2D eigenvalue weighted by molar-refractivity contribution is 6.13. The van der Waals surface area contributed by atoms with Crippen LogP contribution in [0.2, 0.25) is 0 Å². The Kier molecular flexibility index (Phi) is 5.30. The Morgan fingerprint density at radius 3 is 2.37 bits per heavy atom. The molecule has 0 fully saturated rings. The van der Waals surface area contributed by atoms with Gasteiger partial charge in [0.25, 0.3) is 0 Å². The van der Waals surface area contributed by atoms with E-state index in [0.717, 1.165) is 17.7 Å². The molecule has 1 heterocycles. The predicted molar refractivity (Wildman–Crippen MR) is 93.8 cm³/mol. The lowest BCUT2D eigenvalue weighted by atomic mass is 9.91. The lowest BCUT2D eigenvalue weighted by Crippen LogP contribution is -2.31. The highest BCUT2D eigenvalue weighted by atomic mass is 19.4. The number of carbonyl (C=O) groups is 1. The minimum Gasteiger partial charge on any atom is -0.468 e. The quantitative estimate of drug-likeness (QED) is 0.748. The number of hydrogen-bond acceptors (Lipinski definition) is 4. The average Bonchev–Trinajstić information content (AvgIpc) is 3.10. The van der Waals surface area contributed by atoms with Crippen molar-refractivity contribution >= 4 is 17.8 Å². The Morgan fingerprint density at radius 1 is 1.11 bits per heavy atom. The van der Waals surface area contributed by atoms with Gasteiger partial charge in [-0.15, -0.1) is 0 Å². The zero-order valence-corrected chi connectivity index (χ0v) is 14.3. The number of ether oxygens (including phenoxy) is 1. The third-order valence-corrected chi connectivity index (χ3v) is 4.14. The van der Waals surface area contributed by atoms with Gasteiger partial charge in [-0.2, -0.15) is 13.2 Å². The number of hydrogen-bond donors (Lipinski definition) is 0. The minimum absolute atomic E-state index is 0.235. The average molecular weight is 375 g/mol. The summed E-state index contributed by atoms with van der Waals surface area (Å²) in [6.45, 7) is 0. The Balaban J connectivity index is 1.85. The number of benzene rings is 2. The summed E-state index contributed by atoms with van der Waals surface area (Å²) in [6.07, 6.45) is -1.69. The second-order valence-electron chi connectivity index (χ2n) is 5.89. The van der Waals surface area contributed by atoms with E-state index in [1.807, 2.05) is 30.3 Å². The van der Waals surface area contributed by atoms with Crippen LogP contribution < -0.4 is 0 Å². The molecule has 0 radical (unpaired) electrons. The Labute approximate surface area is 153 Å². The third-order valence-electron chi connectivity index (χ3n) is 4.14. The molecule has 0 spiro atoms. The molecule has 0 bridgehead atoms.